The van der Waals surface area contributed by atoms with Crippen LogP contribution in [0.3, 0.4) is 0 Å². The number of sulfonamides is 1. The second-order valence-electron chi connectivity index (χ2n) is 9.90. The highest BCUT2D eigenvalue weighted by Gasteiger charge is 2.39. The van der Waals surface area contributed by atoms with Crippen molar-refractivity contribution in [2.45, 2.75) is 82.2 Å². The number of hydrogen-bond donors (Lipinski definition) is 0. The van der Waals surface area contributed by atoms with Gasteiger partial charge in [-0.25, -0.2) is 17.7 Å². The highest BCUT2D eigenvalue weighted by Crippen LogP contribution is 2.36. The van der Waals surface area contributed by atoms with Crippen molar-refractivity contribution >= 4 is 27.3 Å². The fourth-order valence-electron chi connectivity index (χ4n) is 5.35. The largest absolute Gasteiger partial charge is 0.331 e. The number of thiazole rings is 1. The first-order chi connectivity index (χ1) is 16.5. The molecular formula is C25H34N4O3S2. The number of pyridine rings is 1. The van der Waals surface area contributed by atoms with Crippen molar-refractivity contribution in [3.8, 4) is 0 Å². The van der Waals surface area contributed by atoms with Gasteiger partial charge in [0.2, 0.25) is 10.0 Å². The lowest BCUT2D eigenvalue weighted by Crippen LogP contribution is -2.43. The summed E-state index contributed by atoms with van der Waals surface area (Å²) in [6.07, 6.45) is 13.6. The first kappa shape index (κ1) is 23.9. The van der Waals surface area contributed by atoms with Gasteiger partial charge < -0.3 is 4.90 Å². The lowest BCUT2D eigenvalue weighted by Gasteiger charge is -2.34. The monoisotopic (exact) mass is 502 g/mol. The van der Waals surface area contributed by atoms with Crippen LogP contribution >= 0.6 is 11.3 Å². The SMILES string of the molecule is O=C(c1csc(C2CCN(S(=O)(=O)CCc3ccncc3)CC2)n1)N(C1CCCCC1)C1CC1. The molecule has 0 spiro atoms. The predicted octanol–water partition coefficient (Wildman–Crippen LogP) is 4.23. The van der Waals surface area contributed by atoms with Crippen molar-refractivity contribution in [3.63, 3.8) is 0 Å². The smallest absolute Gasteiger partial charge is 0.273 e. The van der Waals surface area contributed by atoms with Gasteiger partial charge in [-0.3, -0.25) is 9.78 Å². The van der Waals surface area contributed by atoms with Crippen LogP contribution in [0.5, 0.6) is 0 Å². The Bertz CT molecular complexity index is 1070. The van der Waals surface area contributed by atoms with Crippen LogP contribution in [0.1, 0.15) is 84.8 Å². The van der Waals surface area contributed by atoms with Crippen molar-refractivity contribution in [2.24, 2.45) is 0 Å². The summed E-state index contributed by atoms with van der Waals surface area (Å²) < 4.78 is 27.3. The number of nitrogens with zero attached hydrogens (tertiary/aromatic N) is 4. The van der Waals surface area contributed by atoms with E-state index >= 15 is 0 Å². The van der Waals surface area contributed by atoms with E-state index in [9.17, 15) is 13.2 Å². The molecule has 3 heterocycles. The molecule has 7 nitrogen and oxygen atoms in total. The van der Waals surface area contributed by atoms with Crippen molar-refractivity contribution in [2.75, 3.05) is 18.8 Å². The molecule has 1 saturated heterocycles. The molecule has 2 aliphatic carbocycles. The molecule has 0 N–H and O–H groups in total. The van der Waals surface area contributed by atoms with Gasteiger partial charge >= 0.3 is 0 Å². The fraction of sp³-hybridized carbons (Fsp3) is 0.640. The predicted molar refractivity (Wildman–Crippen MR) is 133 cm³/mol. The van der Waals surface area contributed by atoms with Gasteiger partial charge in [0.15, 0.2) is 0 Å². The zero-order valence-corrected chi connectivity index (χ0v) is 21.3. The van der Waals surface area contributed by atoms with E-state index in [4.69, 9.17) is 4.98 Å². The normalized spacial score (nSPS) is 20.9. The zero-order chi connectivity index (χ0) is 23.5. The molecule has 1 aliphatic heterocycles. The zero-order valence-electron chi connectivity index (χ0n) is 19.6. The molecule has 0 aromatic carbocycles. The molecule has 0 atom stereocenters. The van der Waals surface area contributed by atoms with E-state index in [2.05, 4.69) is 9.88 Å². The number of amides is 1. The highest BCUT2D eigenvalue weighted by molar-refractivity contribution is 7.89. The third kappa shape index (κ3) is 5.52. The van der Waals surface area contributed by atoms with Gasteiger partial charge in [0.1, 0.15) is 5.69 Å². The highest BCUT2D eigenvalue weighted by atomic mass is 32.2. The van der Waals surface area contributed by atoms with Gasteiger partial charge in [0, 0.05) is 48.9 Å². The average molecular weight is 503 g/mol. The van der Waals surface area contributed by atoms with Crippen LogP contribution in [0.4, 0.5) is 0 Å². The molecular weight excluding hydrogens is 468 g/mol. The van der Waals surface area contributed by atoms with Crippen LogP contribution < -0.4 is 0 Å². The van der Waals surface area contributed by atoms with Crippen LogP contribution in [-0.2, 0) is 16.4 Å². The molecule has 0 unspecified atom stereocenters. The average Bonchev–Trinajstić information content (AvgIpc) is 3.58. The topological polar surface area (TPSA) is 83.5 Å². The lowest BCUT2D eigenvalue weighted by molar-refractivity contribution is 0.0608. The van der Waals surface area contributed by atoms with E-state index in [1.807, 2.05) is 17.5 Å². The molecule has 2 aromatic heterocycles. The first-order valence-corrected chi connectivity index (χ1v) is 15.1. The molecule has 1 amide bonds. The third-order valence-corrected chi connectivity index (χ3v) is 10.4. The maximum absolute atomic E-state index is 13.4. The molecule has 3 aliphatic rings. The summed E-state index contributed by atoms with van der Waals surface area (Å²) in [6.45, 7) is 1.03. The molecule has 0 bridgehead atoms. The van der Waals surface area contributed by atoms with Gasteiger partial charge in [-0.05, 0) is 62.6 Å². The van der Waals surface area contributed by atoms with Crippen LogP contribution in [0.25, 0.3) is 0 Å². The summed E-state index contributed by atoms with van der Waals surface area (Å²) >= 11 is 1.56. The first-order valence-electron chi connectivity index (χ1n) is 12.7. The van der Waals surface area contributed by atoms with Crippen molar-refractivity contribution in [1.82, 2.24) is 19.2 Å². The van der Waals surface area contributed by atoms with Gasteiger partial charge in [-0.2, -0.15) is 0 Å². The molecule has 9 heteroatoms. The number of piperidine rings is 1. The summed E-state index contributed by atoms with van der Waals surface area (Å²) in [6, 6.07) is 4.50. The Balaban J connectivity index is 1.17. The number of aryl methyl sites for hydroxylation is 1. The van der Waals surface area contributed by atoms with Crippen molar-refractivity contribution < 1.29 is 13.2 Å². The van der Waals surface area contributed by atoms with Gasteiger partial charge in [0.25, 0.3) is 5.91 Å². The summed E-state index contributed by atoms with van der Waals surface area (Å²) in [5, 5.41) is 2.91. The Morgan fingerprint density at radius 1 is 1.00 bits per heavy atom. The number of rotatable bonds is 8. The van der Waals surface area contributed by atoms with Crippen LogP contribution in [0.15, 0.2) is 29.9 Å². The molecule has 34 heavy (non-hydrogen) atoms. The Labute approximate surface area is 206 Å². The molecule has 5 rings (SSSR count). The quantitative estimate of drug-likeness (QED) is 0.540. The van der Waals surface area contributed by atoms with Crippen molar-refractivity contribution in [1.29, 1.82) is 0 Å². The van der Waals surface area contributed by atoms with Gasteiger partial charge in [0.05, 0.1) is 10.8 Å². The van der Waals surface area contributed by atoms with E-state index in [1.165, 1.54) is 19.3 Å². The van der Waals surface area contributed by atoms with Crippen LogP contribution in [0.2, 0.25) is 0 Å². The Morgan fingerprint density at radius 3 is 2.35 bits per heavy atom. The second-order valence-corrected chi connectivity index (χ2v) is 12.9. The number of carbonyl (C=O) groups is 1. The molecule has 0 radical (unpaired) electrons. The Morgan fingerprint density at radius 2 is 1.68 bits per heavy atom. The molecule has 2 aromatic rings. The third-order valence-electron chi connectivity index (χ3n) is 7.48. The van der Waals surface area contributed by atoms with E-state index in [-0.39, 0.29) is 17.6 Å². The van der Waals surface area contributed by atoms with Gasteiger partial charge in [-0.15, -0.1) is 11.3 Å². The number of hydrogen-bond acceptors (Lipinski definition) is 6. The fourth-order valence-corrected chi connectivity index (χ4v) is 7.84. The summed E-state index contributed by atoms with van der Waals surface area (Å²) in [4.78, 5) is 24.3. The van der Waals surface area contributed by atoms with E-state index in [0.29, 0.717) is 37.3 Å². The summed E-state index contributed by atoms with van der Waals surface area (Å²) in [5.74, 6) is 0.450. The van der Waals surface area contributed by atoms with Crippen LogP contribution in [-0.4, -0.2) is 64.4 Å². The molecule has 184 valence electrons. The molecule has 2 saturated carbocycles. The van der Waals surface area contributed by atoms with Gasteiger partial charge in [-0.1, -0.05) is 19.3 Å². The Hall–Kier alpha value is -1.84. The van der Waals surface area contributed by atoms with Crippen LogP contribution in [0, 0.1) is 0 Å². The van der Waals surface area contributed by atoms with E-state index < -0.39 is 10.0 Å². The number of aromatic nitrogens is 2. The molecule has 3 fully saturated rings. The standard InChI is InChI=1S/C25H34N4O3S2/c30-25(29(22-6-7-22)21-4-2-1-3-5-21)23-18-33-24(27-23)20-10-15-28(16-11-20)34(31,32)17-12-19-8-13-26-14-9-19/h8-9,13-14,18,20-22H,1-7,10-12,15-17H2. The Kier molecular flexibility index (Phi) is 7.32. The lowest BCUT2D eigenvalue weighted by atomic mass is 9.94. The van der Waals surface area contributed by atoms with Crippen molar-refractivity contribution in [3.05, 3.63) is 46.2 Å². The van der Waals surface area contributed by atoms with E-state index in [1.54, 1.807) is 28.0 Å². The summed E-state index contributed by atoms with van der Waals surface area (Å²) in [7, 11) is -3.29. The minimum atomic E-state index is -3.29. The maximum atomic E-state index is 13.4. The minimum absolute atomic E-state index is 0.105. The summed E-state index contributed by atoms with van der Waals surface area (Å²) in [5.41, 5.74) is 1.58. The number of carbonyl (C=O) groups excluding carboxylic acids is 1. The second kappa shape index (κ2) is 10.4. The van der Waals surface area contributed by atoms with E-state index in [0.717, 1.165) is 49.1 Å². The minimum Gasteiger partial charge on any atom is -0.331 e. The maximum Gasteiger partial charge on any atom is 0.273 e.